The zero-order valence-electron chi connectivity index (χ0n) is 19.1. The lowest BCUT2D eigenvalue weighted by Gasteiger charge is -2.30. The number of piperazine rings is 1. The number of aliphatic hydroxyl groups is 1. The number of ether oxygens (including phenoxy) is 1. The van der Waals surface area contributed by atoms with E-state index in [-0.39, 0.29) is 12.4 Å². The molecule has 1 aliphatic heterocycles. The first-order valence-electron chi connectivity index (χ1n) is 11.3. The number of rotatable bonds is 8. The van der Waals surface area contributed by atoms with Crippen LogP contribution in [0.25, 0.3) is 11.1 Å². The number of hydrogen-bond donors (Lipinski definition) is 4. The van der Waals surface area contributed by atoms with Crippen molar-refractivity contribution in [2.75, 3.05) is 31.5 Å². The van der Waals surface area contributed by atoms with Gasteiger partial charge in [-0.15, -0.1) is 0 Å². The number of amides is 1. The van der Waals surface area contributed by atoms with Gasteiger partial charge in [0.05, 0.1) is 6.61 Å². The SMILES string of the molecule is N=C/C(=C(/Oc1ccc(-c2ccccc2CO)cc1)C(=O)Nc1ccc(Cl)cc1)N1CCNCC1. The third-order valence-electron chi connectivity index (χ3n) is 5.71. The van der Waals surface area contributed by atoms with Gasteiger partial charge < -0.3 is 30.8 Å². The lowest BCUT2D eigenvalue weighted by Crippen LogP contribution is -2.44. The number of nitrogens with one attached hydrogen (secondary N) is 3. The first kappa shape index (κ1) is 24.5. The van der Waals surface area contributed by atoms with E-state index in [2.05, 4.69) is 10.6 Å². The summed E-state index contributed by atoms with van der Waals surface area (Å²) in [5.74, 6) is 0.0467. The molecule has 1 heterocycles. The molecule has 0 atom stereocenters. The van der Waals surface area contributed by atoms with E-state index in [0.717, 1.165) is 36.0 Å². The summed E-state index contributed by atoms with van der Waals surface area (Å²) in [6, 6.07) is 21.8. The highest BCUT2D eigenvalue weighted by Crippen LogP contribution is 2.27. The third kappa shape index (κ3) is 6.08. The smallest absolute Gasteiger partial charge is 0.293 e. The Balaban J connectivity index is 1.64. The Labute approximate surface area is 209 Å². The van der Waals surface area contributed by atoms with E-state index in [1.54, 1.807) is 36.4 Å². The average Bonchev–Trinajstić information content (AvgIpc) is 2.91. The first-order valence-corrected chi connectivity index (χ1v) is 11.7. The van der Waals surface area contributed by atoms with Crippen LogP contribution in [0.4, 0.5) is 5.69 Å². The highest BCUT2D eigenvalue weighted by molar-refractivity contribution is 6.30. The minimum absolute atomic E-state index is 0.0420. The van der Waals surface area contributed by atoms with Crippen LogP contribution in [-0.2, 0) is 11.4 Å². The van der Waals surface area contributed by atoms with Crippen LogP contribution in [0, 0.1) is 5.41 Å². The number of nitrogens with zero attached hydrogens (tertiary/aromatic N) is 1. The Hall–Kier alpha value is -3.65. The molecule has 1 aliphatic rings. The average molecular weight is 491 g/mol. The lowest BCUT2D eigenvalue weighted by atomic mass is 10.0. The standard InChI is InChI=1S/C27H27ClN4O3/c28-21-7-9-22(10-8-21)31-27(34)26(25(17-29)32-15-13-30-14-16-32)35-23-11-5-19(6-12-23)24-4-2-1-3-20(24)18-33/h1-12,17,29-30,33H,13-16,18H2,(H,31,34)/b26-25-,29-17?. The Kier molecular flexibility index (Phi) is 8.15. The fraction of sp³-hybridized carbons (Fsp3) is 0.185. The molecule has 4 rings (SSSR count). The molecule has 3 aromatic carbocycles. The number of anilines is 1. The van der Waals surface area contributed by atoms with Gasteiger partial charge >= 0.3 is 0 Å². The largest absolute Gasteiger partial charge is 0.449 e. The summed E-state index contributed by atoms with van der Waals surface area (Å²) in [4.78, 5) is 15.3. The Morgan fingerprint density at radius 1 is 1.06 bits per heavy atom. The second-order valence-corrected chi connectivity index (χ2v) is 8.43. The second-order valence-electron chi connectivity index (χ2n) is 8.00. The van der Waals surface area contributed by atoms with Crippen molar-refractivity contribution in [3.05, 3.63) is 94.8 Å². The van der Waals surface area contributed by atoms with Crippen molar-refractivity contribution in [1.82, 2.24) is 10.2 Å². The zero-order valence-corrected chi connectivity index (χ0v) is 19.9. The van der Waals surface area contributed by atoms with Gasteiger partial charge in [-0.3, -0.25) is 4.79 Å². The summed E-state index contributed by atoms with van der Waals surface area (Å²) in [6.45, 7) is 2.76. The summed E-state index contributed by atoms with van der Waals surface area (Å²) in [5.41, 5.74) is 3.66. The summed E-state index contributed by atoms with van der Waals surface area (Å²) >= 11 is 5.97. The van der Waals surface area contributed by atoms with E-state index >= 15 is 0 Å². The first-order chi connectivity index (χ1) is 17.1. The van der Waals surface area contributed by atoms with Crippen LogP contribution in [0.1, 0.15) is 5.56 Å². The predicted octanol–water partition coefficient (Wildman–Crippen LogP) is 4.28. The molecule has 0 spiro atoms. The second kappa shape index (κ2) is 11.7. The quantitative estimate of drug-likeness (QED) is 0.215. The van der Waals surface area contributed by atoms with Gasteiger partial charge in [-0.05, 0) is 53.1 Å². The molecule has 1 saturated heterocycles. The summed E-state index contributed by atoms with van der Waals surface area (Å²) in [5, 5.41) is 24.4. The van der Waals surface area contributed by atoms with Gasteiger partial charge in [-0.1, -0.05) is 48.0 Å². The molecule has 0 aromatic heterocycles. The van der Waals surface area contributed by atoms with Crippen molar-refractivity contribution in [3.8, 4) is 16.9 Å². The lowest BCUT2D eigenvalue weighted by molar-refractivity contribution is -0.115. The molecule has 3 aromatic rings. The number of benzene rings is 3. The molecule has 0 radical (unpaired) electrons. The minimum Gasteiger partial charge on any atom is -0.449 e. The van der Waals surface area contributed by atoms with Gasteiger partial charge in [-0.25, -0.2) is 0 Å². The fourth-order valence-corrected chi connectivity index (χ4v) is 4.03. The van der Waals surface area contributed by atoms with E-state index in [4.69, 9.17) is 21.7 Å². The van der Waals surface area contributed by atoms with Gasteiger partial charge in [0.1, 0.15) is 11.4 Å². The van der Waals surface area contributed by atoms with Crippen LogP contribution in [0.3, 0.4) is 0 Å². The minimum atomic E-state index is -0.459. The normalized spacial score (nSPS) is 14.2. The Morgan fingerprint density at radius 2 is 1.74 bits per heavy atom. The van der Waals surface area contributed by atoms with E-state index in [0.29, 0.717) is 35.2 Å². The van der Waals surface area contributed by atoms with Crippen molar-refractivity contribution in [1.29, 1.82) is 5.41 Å². The van der Waals surface area contributed by atoms with Crippen molar-refractivity contribution in [2.45, 2.75) is 6.61 Å². The summed E-state index contributed by atoms with van der Waals surface area (Å²) < 4.78 is 6.10. The molecule has 7 nitrogen and oxygen atoms in total. The molecule has 8 heteroatoms. The third-order valence-corrected chi connectivity index (χ3v) is 5.96. The van der Waals surface area contributed by atoms with Crippen LogP contribution < -0.4 is 15.4 Å². The molecule has 0 bridgehead atoms. The molecule has 35 heavy (non-hydrogen) atoms. The van der Waals surface area contributed by atoms with Crippen LogP contribution >= 0.6 is 11.6 Å². The highest BCUT2D eigenvalue weighted by atomic mass is 35.5. The van der Waals surface area contributed by atoms with Crippen molar-refractivity contribution >= 4 is 29.4 Å². The van der Waals surface area contributed by atoms with Gasteiger partial charge in [0.15, 0.2) is 0 Å². The van der Waals surface area contributed by atoms with Gasteiger partial charge in [0.2, 0.25) is 5.76 Å². The van der Waals surface area contributed by atoms with E-state index in [1.807, 2.05) is 41.3 Å². The molecule has 0 saturated carbocycles. The number of allylic oxidation sites excluding steroid dienone is 1. The molecule has 180 valence electrons. The van der Waals surface area contributed by atoms with Crippen molar-refractivity contribution < 1.29 is 14.6 Å². The molecule has 0 unspecified atom stereocenters. The monoisotopic (exact) mass is 490 g/mol. The number of carbonyl (C=O) groups excluding carboxylic acids is 1. The van der Waals surface area contributed by atoms with Crippen molar-refractivity contribution in [3.63, 3.8) is 0 Å². The fourth-order valence-electron chi connectivity index (χ4n) is 3.90. The topological polar surface area (TPSA) is 97.7 Å². The highest BCUT2D eigenvalue weighted by Gasteiger charge is 2.23. The predicted molar refractivity (Wildman–Crippen MR) is 139 cm³/mol. The van der Waals surface area contributed by atoms with Gasteiger partial charge in [-0.2, -0.15) is 0 Å². The summed E-state index contributed by atoms with van der Waals surface area (Å²) in [7, 11) is 0. The van der Waals surface area contributed by atoms with Crippen LogP contribution in [-0.4, -0.2) is 48.3 Å². The molecule has 1 fully saturated rings. The molecule has 1 amide bonds. The van der Waals surface area contributed by atoms with Crippen LogP contribution in [0.2, 0.25) is 5.02 Å². The number of halogens is 1. The van der Waals surface area contributed by atoms with Gasteiger partial charge in [0.25, 0.3) is 5.91 Å². The molecular formula is C27H27ClN4O3. The summed E-state index contributed by atoms with van der Waals surface area (Å²) in [6.07, 6.45) is 1.16. The van der Waals surface area contributed by atoms with Crippen LogP contribution in [0.5, 0.6) is 5.75 Å². The van der Waals surface area contributed by atoms with E-state index in [1.165, 1.54) is 0 Å². The zero-order chi connectivity index (χ0) is 24.6. The Morgan fingerprint density at radius 3 is 2.40 bits per heavy atom. The van der Waals surface area contributed by atoms with Gasteiger partial charge in [0, 0.05) is 43.1 Å². The van der Waals surface area contributed by atoms with E-state index < -0.39 is 5.91 Å². The van der Waals surface area contributed by atoms with Crippen LogP contribution in [0.15, 0.2) is 84.3 Å². The number of aliphatic hydroxyl groups excluding tert-OH is 1. The number of carbonyl (C=O) groups is 1. The maximum absolute atomic E-state index is 13.3. The molecule has 4 N–H and O–H groups in total. The van der Waals surface area contributed by atoms with Crippen molar-refractivity contribution in [2.24, 2.45) is 0 Å². The number of hydrogen-bond acceptors (Lipinski definition) is 6. The molecular weight excluding hydrogens is 464 g/mol. The van der Waals surface area contributed by atoms with E-state index in [9.17, 15) is 9.90 Å². The maximum Gasteiger partial charge on any atom is 0.293 e. The Bertz CT molecular complexity index is 1200. The molecule has 0 aliphatic carbocycles. The maximum atomic E-state index is 13.3.